The van der Waals surface area contributed by atoms with Crippen LogP contribution < -0.4 is 4.90 Å². The minimum absolute atomic E-state index is 0.570. The number of nitrogens with zero attached hydrogens (tertiary/aromatic N) is 1. The van der Waals surface area contributed by atoms with Crippen molar-refractivity contribution in [1.29, 1.82) is 0 Å². The number of carbonyl (C=O) groups excluding carboxylic acids is 1. The van der Waals surface area contributed by atoms with E-state index < -0.39 is 0 Å². The zero-order valence-electron chi connectivity index (χ0n) is 11.1. The Morgan fingerprint density at radius 2 is 1.84 bits per heavy atom. The van der Waals surface area contributed by atoms with Crippen LogP contribution in [0.5, 0.6) is 0 Å². The lowest BCUT2D eigenvalue weighted by Gasteiger charge is -2.21. The third-order valence-electron chi connectivity index (χ3n) is 3.21. The number of anilines is 2. The molecule has 0 bridgehead atoms. The quantitative estimate of drug-likeness (QED) is 0.766. The molecule has 0 N–H and O–H groups in total. The number of aldehydes is 1. The van der Waals surface area contributed by atoms with Crippen LogP contribution >= 0.6 is 11.6 Å². The van der Waals surface area contributed by atoms with E-state index in [2.05, 4.69) is 31.2 Å². The topological polar surface area (TPSA) is 20.3 Å². The van der Waals surface area contributed by atoms with E-state index in [-0.39, 0.29) is 0 Å². The number of hydrogen-bond donors (Lipinski definition) is 0. The molecule has 0 saturated carbocycles. The molecule has 0 unspecified atom stereocenters. The SMILES string of the molecule is CCc1ccc(N(C)c2ccc(Cl)cc2C=O)cc1. The average Bonchev–Trinajstić information content (AvgIpc) is 2.46. The van der Waals surface area contributed by atoms with Crippen LogP contribution in [0.3, 0.4) is 0 Å². The Balaban J connectivity index is 2.37. The van der Waals surface area contributed by atoms with E-state index in [1.807, 2.05) is 18.0 Å². The van der Waals surface area contributed by atoms with Crippen molar-refractivity contribution in [3.63, 3.8) is 0 Å². The van der Waals surface area contributed by atoms with E-state index in [1.54, 1.807) is 12.1 Å². The smallest absolute Gasteiger partial charge is 0.152 e. The molecule has 0 heterocycles. The third-order valence-corrected chi connectivity index (χ3v) is 3.44. The summed E-state index contributed by atoms with van der Waals surface area (Å²) in [6.07, 6.45) is 1.85. The summed E-state index contributed by atoms with van der Waals surface area (Å²) >= 11 is 5.91. The van der Waals surface area contributed by atoms with Gasteiger partial charge in [0.2, 0.25) is 0 Å². The van der Waals surface area contributed by atoms with Crippen molar-refractivity contribution in [2.45, 2.75) is 13.3 Å². The van der Waals surface area contributed by atoms with Crippen LogP contribution in [-0.2, 0) is 6.42 Å². The van der Waals surface area contributed by atoms with E-state index in [9.17, 15) is 4.79 Å². The molecule has 2 nitrogen and oxygen atoms in total. The maximum atomic E-state index is 11.1. The second-order valence-corrected chi connectivity index (χ2v) is 4.84. The second-order valence-electron chi connectivity index (χ2n) is 4.40. The predicted molar refractivity (Wildman–Crippen MR) is 80.7 cm³/mol. The first kappa shape index (κ1) is 13.6. The lowest BCUT2D eigenvalue weighted by Crippen LogP contribution is -2.11. The third kappa shape index (κ3) is 2.96. The zero-order valence-corrected chi connectivity index (χ0v) is 11.8. The van der Waals surface area contributed by atoms with Gasteiger partial charge in [0.1, 0.15) is 0 Å². The molecule has 0 aliphatic heterocycles. The first-order valence-electron chi connectivity index (χ1n) is 6.23. The molecule has 2 aromatic rings. The lowest BCUT2D eigenvalue weighted by atomic mass is 10.1. The molecule has 0 aliphatic carbocycles. The number of rotatable bonds is 4. The molecule has 19 heavy (non-hydrogen) atoms. The summed E-state index contributed by atoms with van der Waals surface area (Å²) in [6.45, 7) is 2.13. The molecule has 0 radical (unpaired) electrons. The normalized spacial score (nSPS) is 10.3. The van der Waals surface area contributed by atoms with Gasteiger partial charge in [-0.1, -0.05) is 30.7 Å². The molecule has 2 rings (SSSR count). The summed E-state index contributed by atoms with van der Waals surface area (Å²) < 4.78 is 0. The van der Waals surface area contributed by atoms with Crippen LogP contribution in [0.1, 0.15) is 22.8 Å². The average molecular weight is 274 g/mol. The molecule has 0 amide bonds. The van der Waals surface area contributed by atoms with Gasteiger partial charge >= 0.3 is 0 Å². The summed E-state index contributed by atoms with van der Waals surface area (Å²) in [5.41, 5.74) is 3.78. The molecule has 0 saturated heterocycles. The van der Waals surface area contributed by atoms with Crippen LogP contribution in [0.25, 0.3) is 0 Å². The van der Waals surface area contributed by atoms with Crippen LogP contribution in [-0.4, -0.2) is 13.3 Å². The standard InChI is InChI=1S/C16H16ClNO/c1-3-12-4-7-15(8-5-12)18(2)16-9-6-14(17)10-13(16)11-19/h4-11H,3H2,1-2H3. The second kappa shape index (κ2) is 5.89. The van der Waals surface area contributed by atoms with Gasteiger partial charge in [0.25, 0.3) is 0 Å². The van der Waals surface area contributed by atoms with E-state index in [1.165, 1.54) is 5.56 Å². The Bertz CT molecular complexity index is 578. The van der Waals surface area contributed by atoms with E-state index in [0.29, 0.717) is 10.6 Å². The Kier molecular flexibility index (Phi) is 4.23. The van der Waals surface area contributed by atoms with Gasteiger partial charge < -0.3 is 4.90 Å². The van der Waals surface area contributed by atoms with Gasteiger partial charge in [0.15, 0.2) is 6.29 Å². The highest BCUT2D eigenvalue weighted by Gasteiger charge is 2.09. The van der Waals surface area contributed by atoms with Crippen LogP contribution in [0.4, 0.5) is 11.4 Å². The molecule has 0 spiro atoms. The number of carbonyl (C=O) groups is 1. The van der Waals surface area contributed by atoms with Crippen molar-refractivity contribution in [3.05, 3.63) is 58.6 Å². The van der Waals surface area contributed by atoms with Crippen LogP contribution in [0.15, 0.2) is 42.5 Å². The number of aryl methyl sites for hydroxylation is 1. The Hall–Kier alpha value is -1.80. The maximum Gasteiger partial charge on any atom is 0.152 e. The first-order valence-corrected chi connectivity index (χ1v) is 6.61. The van der Waals surface area contributed by atoms with Crippen LogP contribution in [0, 0.1) is 0 Å². The van der Waals surface area contributed by atoms with Crippen molar-refractivity contribution in [2.75, 3.05) is 11.9 Å². The monoisotopic (exact) mass is 273 g/mol. The van der Waals surface area contributed by atoms with E-state index >= 15 is 0 Å². The molecular formula is C16H16ClNO. The van der Waals surface area contributed by atoms with Gasteiger partial charge in [-0.2, -0.15) is 0 Å². The fourth-order valence-corrected chi connectivity index (χ4v) is 2.20. The summed E-state index contributed by atoms with van der Waals surface area (Å²) in [4.78, 5) is 13.1. The van der Waals surface area contributed by atoms with Crippen molar-refractivity contribution < 1.29 is 4.79 Å². The highest BCUT2D eigenvalue weighted by Crippen LogP contribution is 2.28. The van der Waals surface area contributed by atoms with Gasteiger partial charge in [0.05, 0.1) is 5.69 Å². The molecule has 0 atom stereocenters. The van der Waals surface area contributed by atoms with Crippen molar-refractivity contribution in [3.8, 4) is 0 Å². The lowest BCUT2D eigenvalue weighted by molar-refractivity contribution is 0.112. The van der Waals surface area contributed by atoms with E-state index in [4.69, 9.17) is 11.6 Å². The van der Waals surface area contributed by atoms with Crippen molar-refractivity contribution >= 4 is 29.3 Å². The molecule has 3 heteroatoms. The summed E-state index contributed by atoms with van der Waals surface area (Å²) in [5, 5.41) is 0.570. The van der Waals surface area contributed by atoms with Gasteiger partial charge in [-0.15, -0.1) is 0 Å². The molecule has 0 aliphatic rings. The molecular weight excluding hydrogens is 258 g/mol. The minimum Gasteiger partial charge on any atom is -0.344 e. The van der Waals surface area contributed by atoms with Gasteiger partial charge in [0, 0.05) is 23.3 Å². The molecule has 0 fully saturated rings. The van der Waals surface area contributed by atoms with Crippen molar-refractivity contribution in [2.24, 2.45) is 0 Å². The van der Waals surface area contributed by atoms with E-state index in [0.717, 1.165) is 24.1 Å². The molecule has 98 valence electrons. The van der Waals surface area contributed by atoms with Gasteiger partial charge in [-0.25, -0.2) is 0 Å². The largest absolute Gasteiger partial charge is 0.344 e. The summed E-state index contributed by atoms with van der Waals surface area (Å²) in [5.74, 6) is 0. The highest BCUT2D eigenvalue weighted by molar-refractivity contribution is 6.31. The Morgan fingerprint density at radius 3 is 2.42 bits per heavy atom. The Morgan fingerprint density at radius 1 is 1.16 bits per heavy atom. The highest BCUT2D eigenvalue weighted by atomic mass is 35.5. The van der Waals surface area contributed by atoms with Gasteiger partial charge in [-0.05, 0) is 42.3 Å². The maximum absolute atomic E-state index is 11.1. The number of hydrogen-bond acceptors (Lipinski definition) is 2. The van der Waals surface area contributed by atoms with Crippen molar-refractivity contribution in [1.82, 2.24) is 0 Å². The fraction of sp³-hybridized carbons (Fsp3) is 0.188. The fourth-order valence-electron chi connectivity index (χ4n) is 2.02. The number of halogens is 1. The van der Waals surface area contributed by atoms with Crippen LogP contribution in [0.2, 0.25) is 5.02 Å². The predicted octanol–water partition coefficient (Wildman–Crippen LogP) is 4.48. The molecule has 0 aromatic heterocycles. The molecule has 2 aromatic carbocycles. The Labute approximate surface area is 118 Å². The summed E-state index contributed by atoms with van der Waals surface area (Å²) in [7, 11) is 1.94. The minimum atomic E-state index is 0.570. The zero-order chi connectivity index (χ0) is 13.8. The first-order chi connectivity index (χ1) is 9.15. The summed E-state index contributed by atoms with van der Waals surface area (Å²) in [6, 6.07) is 13.6. The van der Waals surface area contributed by atoms with Gasteiger partial charge in [-0.3, -0.25) is 4.79 Å². The number of benzene rings is 2.